The van der Waals surface area contributed by atoms with E-state index in [0.29, 0.717) is 0 Å². The molecule has 5 nitrogen and oxygen atoms in total. The normalized spacial score (nSPS) is 11.2. The number of halogens is 1. The van der Waals surface area contributed by atoms with Crippen LogP contribution in [-0.2, 0) is 0 Å². The highest BCUT2D eigenvalue weighted by Crippen LogP contribution is 2.32. The molecule has 4 heterocycles. The summed E-state index contributed by atoms with van der Waals surface area (Å²) in [4.78, 5) is 19.3. The van der Waals surface area contributed by atoms with Crippen molar-refractivity contribution in [2.75, 3.05) is 0 Å². The molecule has 0 unspecified atom stereocenters. The molecule has 0 saturated heterocycles. The van der Waals surface area contributed by atoms with Gasteiger partial charge in [-0.2, -0.15) is 0 Å². The maximum Gasteiger partial charge on any atom is 0.141 e. The molecule has 0 spiro atoms. The number of thiazole rings is 1. The van der Waals surface area contributed by atoms with E-state index in [1.165, 1.54) is 0 Å². The number of nitrogens with one attached hydrogen (secondary N) is 2. The molecule has 0 aliphatic carbocycles. The van der Waals surface area contributed by atoms with Gasteiger partial charge in [-0.15, -0.1) is 11.3 Å². The van der Waals surface area contributed by atoms with Crippen LogP contribution in [0.3, 0.4) is 0 Å². The van der Waals surface area contributed by atoms with Gasteiger partial charge >= 0.3 is 0 Å². The lowest BCUT2D eigenvalue weighted by molar-refractivity contribution is 1.30. The zero-order valence-corrected chi connectivity index (χ0v) is 12.5. The van der Waals surface area contributed by atoms with Crippen molar-refractivity contribution < 1.29 is 0 Å². The van der Waals surface area contributed by atoms with Crippen LogP contribution in [0.15, 0.2) is 40.8 Å². The van der Waals surface area contributed by atoms with E-state index in [1.807, 2.05) is 17.6 Å². The van der Waals surface area contributed by atoms with Crippen LogP contribution in [0.5, 0.6) is 0 Å². The SMILES string of the molecule is Brc1cnc2[nH]cc(-c3csc(-c4cnc[nH]4)n3)c2c1. The Morgan fingerprint density at radius 2 is 2.15 bits per heavy atom. The van der Waals surface area contributed by atoms with Crippen LogP contribution in [0.2, 0.25) is 0 Å². The molecular weight excluding hydrogens is 338 g/mol. The molecule has 0 saturated carbocycles. The van der Waals surface area contributed by atoms with E-state index in [2.05, 4.69) is 40.8 Å². The van der Waals surface area contributed by atoms with Gasteiger partial charge in [-0.1, -0.05) is 0 Å². The van der Waals surface area contributed by atoms with Gasteiger partial charge in [0.1, 0.15) is 10.7 Å². The summed E-state index contributed by atoms with van der Waals surface area (Å²) in [7, 11) is 0. The second-order valence-electron chi connectivity index (χ2n) is 4.26. The minimum Gasteiger partial charge on any atom is -0.345 e. The molecule has 4 aromatic heterocycles. The predicted octanol–water partition coefficient (Wildman–Crippen LogP) is 3.84. The van der Waals surface area contributed by atoms with Crippen molar-refractivity contribution in [3.8, 4) is 22.0 Å². The van der Waals surface area contributed by atoms with E-state index in [-0.39, 0.29) is 0 Å². The molecule has 0 bridgehead atoms. The van der Waals surface area contributed by atoms with Gasteiger partial charge in [0, 0.05) is 33.2 Å². The maximum absolute atomic E-state index is 4.66. The van der Waals surface area contributed by atoms with E-state index in [4.69, 9.17) is 0 Å². The maximum atomic E-state index is 4.66. The van der Waals surface area contributed by atoms with Gasteiger partial charge in [-0.25, -0.2) is 15.0 Å². The fourth-order valence-corrected chi connectivity index (χ4v) is 3.21. The molecule has 0 amide bonds. The van der Waals surface area contributed by atoms with Crippen LogP contribution >= 0.6 is 27.3 Å². The third kappa shape index (κ3) is 1.86. The van der Waals surface area contributed by atoms with Gasteiger partial charge in [0.05, 0.1) is 23.9 Å². The molecular formula is C13H8BrN5S. The third-order valence-electron chi connectivity index (χ3n) is 3.01. The molecule has 4 rings (SSSR count). The monoisotopic (exact) mass is 345 g/mol. The molecule has 20 heavy (non-hydrogen) atoms. The lowest BCUT2D eigenvalue weighted by Gasteiger charge is -1.95. The molecule has 7 heteroatoms. The van der Waals surface area contributed by atoms with E-state index in [0.717, 1.165) is 37.5 Å². The molecule has 98 valence electrons. The summed E-state index contributed by atoms with van der Waals surface area (Å²) < 4.78 is 0.954. The number of hydrogen-bond acceptors (Lipinski definition) is 4. The van der Waals surface area contributed by atoms with Crippen molar-refractivity contribution in [2.45, 2.75) is 0 Å². The van der Waals surface area contributed by atoms with Crippen LogP contribution < -0.4 is 0 Å². The number of fused-ring (bicyclic) bond motifs is 1. The number of aromatic amines is 2. The van der Waals surface area contributed by atoms with Crippen molar-refractivity contribution in [3.63, 3.8) is 0 Å². The largest absolute Gasteiger partial charge is 0.345 e. The molecule has 0 atom stereocenters. The molecule has 0 aromatic carbocycles. The van der Waals surface area contributed by atoms with Crippen molar-refractivity contribution in [1.82, 2.24) is 24.9 Å². The summed E-state index contributed by atoms with van der Waals surface area (Å²) in [5.74, 6) is 0. The smallest absolute Gasteiger partial charge is 0.141 e. The van der Waals surface area contributed by atoms with Gasteiger partial charge < -0.3 is 9.97 Å². The van der Waals surface area contributed by atoms with Crippen LogP contribution in [0.4, 0.5) is 0 Å². The Balaban J connectivity index is 1.85. The lowest BCUT2D eigenvalue weighted by atomic mass is 10.2. The fourth-order valence-electron chi connectivity index (χ4n) is 2.08. The Labute approximate surface area is 126 Å². The Bertz CT molecular complexity index is 877. The summed E-state index contributed by atoms with van der Waals surface area (Å²) >= 11 is 5.04. The van der Waals surface area contributed by atoms with Crippen LogP contribution in [0.25, 0.3) is 33.0 Å². The predicted molar refractivity (Wildman–Crippen MR) is 82.5 cm³/mol. The minimum absolute atomic E-state index is 0.860. The molecule has 4 aromatic rings. The number of aromatic nitrogens is 5. The average molecular weight is 346 g/mol. The number of rotatable bonds is 2. The Morgan fingerprint density at radius 1 is 1.20 bits per heavy atom. The molecule has 0 radical (unpaired) electrons. The quantitative estimate of drug-likeness (QED) is 0.579. The van der Waals surface area contributed by atoms with E-state index in [9.17, 15) is 0 Å². The number of imidazole rings is 1. The highest BCUT2D eigenvalue weighted by molar-refractivity contribution is 9.10. The standard InChI is InChI=1S/C13H8BrN5S/c14-7-1-8-9(3-17-12(8)16-2-7)11-5-20-13(19-11)10-4-15-6-18-10/h1-6H,(H,15,18)(H,16,17). The van der Waals surface area contributed by atoms with Gasteiger partial charge in [-0.3, -0.25) is 0 Å². The van der Waals surface area contributed by atoms with Gasteiger partial charge in [0.2, 0.25) is 0 Å². The van der Waals surface area contributed by atoms with E-state index >= 15 is 0 Å². The number of hydrogen-bond donors (Lipinski definition) is 2. The second-order valence-corrected chi connectivity index (χ2v) is 6.03. The summed E-state index contributed by atoms with van der Waals surface area (Å²) in [6.45, 7) is 0. The highest BCUT2D eigenvalue weighted by Gasteiger charge is 2.12. The summed E-state index contributed by atoms with van der Waals surface area (Å²) in [6, 6.07) is 2.05. The zero-order valence-electron chi connectivity index (χ0n) is 10.1. The highest BCUT2D eigenvalue weighted by atomic mass is 79.9. The van der Waals surface area contributed by atoms with Crippen molar-refractivity contribution in [3.05, 3.63) is 40.8 Å². The van der Waals surface area contributed by atoms with Crippen molar-refractivity contribution in [2.24, 2.45) is 0 Å². The molecule has 0 aliphatic heterocycles. The van der Waals surface area contributed by atoms with Gasteiger partial charge in [0.25, 0.3) is 0 Å². The zero-order chi connectivity index (χ0) is 13.5. The second kappa shape index (κ2) is 4.53. The number of pyridine rings is 1. The third-order valence-corrected chi connectivity index (χ3v) is 4.32. The van der Waals surface area contributed by atoms with Crippen molar-refractivity contribution >= 4 is 38.3 Å². The topological polar surface area (TPSA) is 70.2 Å². The first kappa shape index (κ1) is 11.8. The Hall–Kier alpha value is -1.99. The lowest BCUT2D eigenvalue weighted by Crippen LogP contribution is -1.79. The Morgan fingerprint density at radius 3 is 3.00 bits per heavy atom. The summed E-state index contributed by atoms with van der Waals surface area (Å²) in [6.07, 6.45) is 7.15. The van der Waals surface area contributed by atoms with Crippen molar-refractivity contribution in [1.29, 1.82) is 0 Å². The number of nitrogens with zero attached hydrogens (tertiary/aromatic N) is 3. The Kier molecular flexibility index (Phi) is 2.68. The van der Waals surface area contributed by atoms with Gasteiger partial charge in [-0.05, 0) is 22.0 Å². The fraction of sp³-hybridized carbons (Fsp3) is 0. The molecule has 0 fully saturated rings. The average Bonchev–Trinajstić information content (AvgIpc) is 3.17. The van der Waals surface area contributed by atoms with Gasteiger partial charge in [0.15, 0.2) is 0 Å². The first-order valence-corrected chi connectivity index (χ1v) is 7.56. The summed E-state index contributed by atoms with van der Waals surface area (Å²) in [5.41, 5.74) is 3.78. The minimum atomic E-state index is 0.860. The van der Waals surface area contributed by atoms with Crippen LogP contribution in [0.1, 0.15) is 0 Å². The molecule has 0 aliphatic rings. The number of H-pyrrole nitrogens is 2. The summed E-state index contributed by atoms with van der Waals surface area (Å²) in [5, 5.41) is 4.02. The first-order valence-electron chi connectivity index (χ1n) is 5.88. The van der Waals surface area contributed by atoms with E-state index in [1.54, 1.807) is 30.1 Å². The van der Waals surface area contributed by atoms with Crippen LogP contribution in [-0.4, -0.2) is 24.9 Å². The molecule has 2 N–H and O–H groups in total. The van der Waals surface area contributed by atoms with Crippen LogP contribution in [0, 0.1) is 0 Å². The first-order chi connectivity index (χ1) is 9.81. The van der Waals surface area contributed by atoms with E-state index < -0.39 is 0 Å².